The summed E-state index contributed by atoms with van der Waals surface area (Å²) in [4.78, 5) is 0. The van der Waals surface area contributed by atoms with Gasteiger partial charge in [0.2, 0.25) is 0 Å². The zero-order valence-corrected chi connectivity index (χ0v) is 12.0. The Kier molecular flexibility index (Phi) is 4.61. The zero-order chi connectivity index (χ0) is 10.8. The van der Waals surface area contributed by atoms with Crippen LogP contribution < -0.4 is 0 Å². The fourth-order valence-electron chi connectivity index (χ4n) is 0.765. The Morgan fingerprint density at radius 3 is 1.77 bits per heavy atom. The van der Waals surface area contributed by atoms with Crippen molar-refractivity contribution in [2.45, 2.75) is 0 Å². The maximum absolute atomic E-state index is 9.32. The first-order valence-electron chi connectivity index (χ1n) is 4.36. The molecule has 0 fully saturated rings. The summed E-state index contributed by atoms with van der Waals surface area (Å²) >= 11 is 2.30. The molecule has 13 heavy (non-hydrogen) atoms. The Hall–Kier alpha value is 1.04. The first-order valence-corrected chi connectivity index (χ1v) is 10.4. The van der Waals surface area contributed by atoms with Crippen LogP contribution in [0.25, 0.3) is 0 Å². The minimum absolute atomic E-state index is 0.142. The number of halogens is 1. The van der Waals surface area contributed by atoms with Crippen LogP contribution in [0.2, 0.25) is 0 Å². The molecule has 0 saturated heterocycles. The molecule has 0 aliphatic rings. The number of nitrogens with zero attached hydrogens (tertiary/aromatic N) is 1. The zero-order valence-electron chi connectivity index (χ0n) is 9.00. The van der Waals surface area contributed by atoms with E-state index < -0.39 is 4.25 Å². The van der Waals surface area contributed by atoms with Gasteiger partial charge in [0.05, 0.1) is 0 Å². The van der Waals surface area contributed by atoms with E-state index in [0.29, 0.717) is 0 Å². The fourth-order valence-corrected chi connectivity index (χ4v) is 2.94. The van der Waals surface area contributed by atoms with Crippen LogP contribution in [-0.4, -0.2) is 67.9 Å². The van der Waals surface area contributed by atoms with Crippen LogP contribution >= 0.6 is 26.3 Å². The summed E-state index contributed by atoms with van der Waals surface area (Å²) in [6.07, 6.45) is 1.22. The number of hydrogen-bond acceptors (Lipinski definition) is 2. The second kappa shape index (κ2) is 4.27. The fraction of sp³-hybridized carbons (Fsp3) is 1.00. The standard InChI is InChI=1S/C8H22INO2P/c1-10(2,3)5-6-13(4,9,7-11)8-12/h11-12H,5-8H2,1-4H3/q+1. The molecule has 0 unspecified atom stereocenters. The van der Waals surface area contributed by atoms with E-state index in [2.05, 4.69) is 43.2 Å². The number of aliphatic hydroxyl groups excluding tert-OH is 2. The maximum atomic E-state index is 9.32. The Balaban J connectivity index is 4.31. The van der Waals surface area contributed by atoms with Crippen molar-refractivity contribution in [3.63, 3.8) is 0 Å². The van der Waals surface area contributed by atoms with Gasteiger partial charge in [0.1, 0.15) is 0 Å². The van der Waals surface area contributed by atoms with E-state index in [1.165, 1.54) is 0 Å². The molecule has 0 saturated carbocycles. The molecule has 0 aromatic heterocycles. The quantitative estimate of drug-likeness (QED) is 0.453. The third kappa shape index (κ3) is 5.47. The molecule has 0 spiro atoms. The number of quaternary nitrogens is 1. The molecule has 2 N–H and O–H groups in total. The molecule has 0 heterocycles. The van der Waals surface area contributed by atoms with Gasteiger partial charge in [-0.05, 0) is 0 Å². The molecule has 0 aromatic rings. The molecule has 82 valence electrons. The first-order chi connectivity index (χ1) is 5.61. The van der Waals surface area contributed by atoms with Gasteiger partial charge in [-0.15, -0.1) is 0 Å². The summed E-state index contributed by atoms with van der Waals surface area (Å²) in [7, 11) is 6.38. The van der Waals surface area contributed by atoms with E-state index >= 15 is 0 Å². The van der Waals surface area contributed by atoms with Crippen LogP contribution in [0.5, 0.6) is 0 Å². The van der Waals surface area contributed by atoms with Crippen LogP contribution in [-0.2, 0) is 0 Å². The van der Waals surface area contributed by atoms with Crippen molar-refractivity contribution in [1.29, 1.82) is 0 Å². The summed E-state index contributed by atoms with van der Waals surface area (Å²) < 4.78 is -1.32. The summed E-state index contributed by atoms with van der Waals surface area (Å²) in [5.41, 5.74) is 0. The topological polar surface area (TPSA) is 40.5 Å². The van der Waals surface area contributed by atoms with Gasteiger partial charge < -0.3 is 0 Å². The van der Waals surface area contributed by atoms with Crippen molar-refractivity contribution in [2.24, 2.45) is 0 Å². The van der Waals surface area contributed by atoms with E-state index in [4.69, 9.17) is 0 Å². The van der Waals surface area contributed by atoms with Crippen molar-refractivity contribution in [3.8, 4) is 0 Å². The molecule has 0 radical (unpaired) electrons. The molecular weight excluding hydrogens is 300 g/mol. The van der Waals surface area contributed by atoms with Crippen molar-refractivity contribution < 1.29 is 14.7 Å². The molecule has 0 bridgehead atoms. The third-order valence-electron chi connectivity index (χ3n) is 2.18. The van der Waals surface area contributed by atoms with Crippen LogP contribution in [0.1, 0.15) is 0 Å². The van der Waals surface area contributed by atoms with Gasteiger partial charge in [0.25, 0.3) is 0 Å². The summed E-state index contributed by atoms with van der Waals surface area (Å²) in [5, 5.41) is 18.6. The number of aliphatic hydroxyl groups is 2. The van der Waals surface area contributed by atoms with Gasteiger partial charge in [-0.2, -0.15) is 0 Å². The molecular formula is C8H22INO2P+. The normalized spacial score (nSPS) is 16.7. The predicted molar refractivity (Wildman–Crippen MR) is 68.8 cm³/mol. The summed E-state index contributed by atoms with van der Waals surface area (Å²) in [6.45, 7) is 3.04. The second-order valence-electron chi connectivity index (χ2n) is 5.17. The van der Waals surface area contributed by atoms with E-state index in [1.807, 2.05) is 6.66 Å². The van der Waals surface area contributed by atoms with E-state index in [-0.39, 0.29) is 12.7 Å². The van der Waals surface area contributed by atoms with E-state index in [0.717, 1.165) is 17.2 Å². The van der Waals surface area contributed by atoms with Crippen LogP contribution in [0.4, 0.5) is 0 Å². The van der Waals surface area contributed by atoms with Crippen LogP contribution in [0, 0.1) is 0 Å². The molecule has 5 heteroatoms. The van der Waals surface area contributed by atoms with Crippen molar-refractivity contribution in [1.82, 2.24) is 0 Å². The average molecular weight is 322 g/mol. The van der Waals surface area contributed by atoms with Crippen molar-refractivity contribution in [2.75, 3.05) is 53.2 Å². The van der Waals surface area contributed by atoms with Gasteiger partial charge in [0, 0.05) is 0 Å². The van der Waals surface area contributed by atoms with E-state index in [1.54, 1.807) is 0 Å². The predicted octanol–water partition coefficient (Wildman–Crippen LogP) is 1.13. The Bertz CT molecular complexity index is 171. The third-order valence-corrected chi connectivity index (χ3v) is 8.49. The second-order valence-corrected chi connectivity index (χ2v) is 19.5. The Labute approximate surface area is 94.1 Å². The minimum atomic E-state index is -2.21. The average Bonchev–Trinajstić information content (AvgIpc) is 2.02. The molecule has 0 atom stereocenters. The number of rotatable bonds is 5. The summed E-state index contributed by atoms with van der Waals surface area (Å²) in [6, 6.07) is 0. The van der Waals surface area contributed by atoms with Gasteiger partial charge in [0.15, 0.2) is 0 Å². The first kappa shape index (κ1) is 14.0. The molecule has 0 aromatic carbocycles. The summed E-state index contributed by atoms with van der Waals surface area (Å²) in [5.74, 6) is 0. The molecule has 0 aliphatic heterocycles. The molecule has 0 aliphatic carbocycles. The molecule has 0 rings (SSSR count). The van der Waals surface area contributed by atoms with Gasteiger partial charge in [-0.25, -0.2) is 0 Å². The van der Waals surface area contributed by atoms with Gasteiger partial charge in [-0.1, -0.05) is 0 Å². The van der Waals surface area contributed by atoms with Crippen LogP contribution in [0.15, 0.2) is 0 Å². The van der Waals surface area contributed by atoms with Gasteiger partial charge in [-0.3, -0.25) is 0 Å². The monoisotopic (exact) mass is 322 g/mol. The van der Waals surface area contributed by atoms with Crippen LogP contribution in [0.3, 0.4) is 0 Å². The molecule has 0 amide bonds. The van der Waals surface area contributed by atoms with Gasteiger partial charge >= 0.3 is 94.2 Å². The van der Waals surface area contributed by atoms with Crippen molar-refractivity contribution >= 4 is 26.3 Å². The van der Waals surface area contributed by atoms with Crippen molar-refractivity contribution in [3.05, 3.63) is 0 Å². The molecule has 3 nitrogen and oxygen atoms in total. The van der Waals surface area contributed by atoms with E-state index in [9.17, 15) is 10.2 Å². The Morgan fingerprint density at radius 2 is 1.54 bits per heavy atom. The number of hydrogen-bond donors (Lipinski definition) is 2. The SMILES string of the molecule is C[N+](C)(C)CCP(C)(I)(CO)CO. The Morgan fingerprint density at radius 1 is 1.15 bits per heavy atom.